The number of hydrogen-bond donors (Lipinski definition) is 1. The molecule has 0 bridgehead atoms. The minimum atomic E-state index is -0.470. The van der Waals surface area contributed by atoms with E-state index in [9.17, 15) is 14.4 Å². The molecule has 0 spiro atoms. The van der Waals surface area contributed by atoms with E-state index in [1.807, 2.05) is 24.3 Å². The van der Waals surface area contributed by atoms with Crippen molar-refractivity contribution in [2.75, 3.05) is 13.7 Å². The Morgan fingerprint density at radius 1 is 1.09 bits per heavy atom. The van der Waals surface area contributed by atoms with Gasteiger partial charge in [-0.15, -0.1) is 11.3 Å². The molecule has 0 aliphatic heterocycles. The average Bonchev–Trinajstić information content (AvgIpc) is 3.31. The number of carbonyl (C=O) groups excluding carboxylic acids is 1. The largest absolute Gasteiger partial charge is 0.497 e. The number of halogens is 1. The first kappa shape index (κ1) is 23.6. The third-order valence-corrected chi connectivity index (χ3v) is 6.68. The number of amides is 1. The fourth-order valence-electron chi connectivity index (χ4n) is 3.43. The lowest BCUT2D eigenvalue weighted by molar-refractivity contribution is 0.0955. The number of carbonyl (C=O) groups is 1. The van der Waals surface area contributed by atoms with Gasteiger partial charge in [-0.25, -0.2) is 4.79 Å². The zero-order valence-corrected chi connectivity index (χ0v) is 20.1. The van der Waals surface area contributed by atoms with E-state index >= 15 is 0 Å². The molecule has 4 aromatic rings. The van der Waals surface area contributed by atoms with E-state index in [0.717, 1.165) is 21.5 Å². The molecule has 0 fully saturated rings. The highest BCUT2D eigenvalue weighted by molar-refractivity contribution is 7.20. The van der Waals surface area contributed by atoms with Crippen LogP contribution in [0.25, 0.3) is 10.2 Å². The molecule has 2 aromatic heterocycles. The van der Waals surface area contributed by atoms with E-state index in [4.69, 9.17) is 21.1 Å². The number of thiophene rings is 1. The summed E-state index contributed by atoms with van der Waals surface area (Å²) in [5.41, 5.74) is -0.0486. The minimum Gasteiger partial charge on any atom is -0.497 e. The van der Waals surface area contributed by atoms with Gasteiger partial charge in [0.1, 0.15) is 22.9 Å². The lowest BCUT2D eigenvalue weighted by Gasteiger charge is -2.09. The zero-order chi connectivity index (χ0) is 24.2. The van der Waals surface area contributed by atoms with Crippen molar-refractivity contribution in [2.45, 2.75) is 13.1 Å². The Balaban J connectivity index is 1.52. The van der Waals surface area contributed by atoms with Crippen LogP contribution >= 0.6 is 22.9 Å². The molecular weight excluding hydrogens is 478 g/mol. The van der Waals surface area contributed by atoms with E-state index < -0.39 is 11.2 Å². The van der Waals surface area contributed by atoms with Crippen LogP contribution in [0.1, 0.15) is 15.2 Å². The van der Waals surface area contributed by atoms with Crippen molar-refractivity contribution in [3.63, 3.8) is 0 Å². The molecule has 0 radical (unpaired) electrons. The van der Waals surface area contributed by atoms with Crippen LogP contribution < -0.4 is 26.0 Å². The highest BCUT2D eigenvalue weighted by Crippen LogP contribution is 2.22. The van der Waals surface area contributed by atoms with Gasteiger partial charge in [-0.05, 0) is 48.0 Å². The molecule has 0 aliphatic rings. The van der Waals surface area contributed by atoms with Crippen LogP contribution in [0, 0.1) is 0 Å². The van der Waals surface area contributed by atoms with Gasteiger partial charge in [0.05, 0.1) is 23.9 Å². The topological polar surface area (TPSA) is 91.6 Å². The van der Waals surface area contributed by atoms with Crippen LogP contribution in [-0.4, -0.2) is 28.8 Å². The summed E-state index contributed by atoms with van der Waals surface area (Å²) in [6.07, 6.45) is 0. The summed E-state index contributed by atoms with van der Waals surface area (Å²) >= 11 is 6.97. The van der Waals surface area contributed by atoms with E-state index in [2.05, 4.69) is 5.32 Å². The molecule has 2 heterocycles. The SMILES string of the molecule is COc1cccc(CNC(=O)c2cc3c(=O)n(CCOc4ccc(Cl)cc4)c(=O)n(C)c3s2)c1. The number of hydrogen-bond acceptors (Lipinski definition) is 6. The molecule has 176 valence electrons. The number of fused-ring (bicyclic) bond motifs is 1. The van der Waals surface area contributed by atoms with E-state index in [0.29, 0.717) is 38.2 Å². The summed E-state index contributed by atoms with van der Waals surface area (Å²) in [5.74, 6) is 0.957. The van der Waals surface area contributed by atoms with Crippen LogP contribution in [0.4, 0.5) is 0 Å². The second-order valence-corrected chi connectivity index (χ2v) is 8.93. The van der Waals surface area contributed by atoms with Crippen molar-refractivity contribution in [3.05, 3.63) is 90.9 Å². The van der Waals surface area contributed by atoms with Crippen LogP contribution in [0.5, 0.6) is 11.5 Å². The summed E-state index contributed by atoms with van der Waals surface area (Å²) in [7, 11) is 3.16. The van der Waals surface area contributed by atoms with Crippen molar-refractivity contribution < 1.29 is 14.3 Å². The summed E-state index contributed by atoms with van der Waals surface area (Å²) in [6, 6.07) is 15.7. The molecule has 2 aromatic carbocycles. The first-order valence-corrected chi connectivity index (χ1v) is 11.6. The molecule has 0 unspecified atom stereocenters. The molecule has 0 aliphatic carbocycles. The van der Waals surface area contributed by atoms with Crippen molar-refractivity contribution in [3.8, 4) is 11.5 Å². The lowest BCUT2D eigenvalue weighted by Crippen LogP contribution is -2.39. The number of aromatic nitrogens is 2. The molecule has 4 rings (SSSR count). The van der Waals surface area contributed by atoms with Gasteiger partial charge in [0.25, 0.3) is 11.5 Å². The maximum absolute atomic E-state index is 13.0. The van der Waals surface area contributed by atoms with E-state index in [-0.39, 0.29) is 19.1 Å². The monoisotopic (exact) mass is 499 g/mol. The standard InChI is InChI=1S/C24H22ClN3O5S/c1-27-23-19(13-20(34-23)21(29)26-14-15-4-3-5-18(12-15)32-2)22(30)28(24(27)31)10-11-33-17-8-6-16(25)7-9-17/h3-9,12-13H,10-11,14H2,1-2H3,(H,26,29). The Morgan fingerprint density at radius 3 is 2.59 bits per heavy atom. The molecule has 0 saturated heterocycles. The number of benzene rings is 2. The van der Waals surface area contributed by atoms with E-state index in [1.54, 1.807) is 38.4 Å². The number of rotatable bonds is 8. The normalized spacial score (nSPS) is 10.9. The van der Waals surface area contributed by atoms with Gasteiger partial charge < -0.3 is 14.8 Å². The Hall–Kier alpha value is -3.56. The van der Waals surface area contributed by atoms with Crippen molar-refractivity contribution in [1.82, 2.24) is 14.5 Å². The second kappa shape index (κ2) is 10.1. The van der Waals surface area contributed by atoms with Gasteiger partial charge in [0.15, 0.2) is 0 Å². The molecular formula is C24H22ClN3O5S. The van der Waals surface area contributed by atoms with Gasteiger partial charge in [0, 0.05) is 18.6 Å². The quantitative estimate of drug-likeness (QED) is 0.401. The highest BCUT2D eigenvalue weighted by Gasteiger charge is 2.18. The molecule has 1 amide bonds. The summed E-state index contributed by atoms with van der Waals surface area (Å²) < 4.78 is 13.3. The Kier molecular flexibility index (Phi) is 7.04. The number of ether oxygens (including phenoxy) is 2. The third-order valence-electron chi connectivity index (χ3n) is 5.22. The molecule has 1 N–H and O–H groups in total. The first-order valence-electron chi connectivity index (χ1n) is 10.4. The predicted octanol–water partition coefficient (Wildman–Crippen LogP) is 3.43. The summed E-state index contributed by atoms with van der Waals surface area (Å²) in [4.78, 5) is 39.3. The Bertz CT molecular complexity index is 1460. The third kappa shape index (κ3) is 5.00. The zero-order valence-electron chi connectivity index (χ0n) is 18.5. The Morgan fingerprint density at radius 2 is 1.85 bits per heavy atom. The van der Waals surface area contributed by atoms with Crippen LogP contribution in [0.15, 0.2) is 64.2 Å². The predicted molar refractivity (Wildman–Crippen MR) is 132 cm³/mol. The molecule has 34 heavy (non-hydrogen) atoms. The van der Waals surface area contributed by atoms with Crippen molar-refractivity contribution in [1.29, 1.82) is 0 Å². The van der Waals surface area contributed by atoms with Crippen LogP contribution in [0.3, 0.4) is 0 Å². The van der Waals surface area contributed by atoms with Crippen molar-refractivity contribution in [2.24, 2.45) is 7.05 Å². The maximum atomic E-state index is 13.0. The maximum Gasteiger partial charge on any atom is 0.331 e. The fourth-order valence-corrected chi connectivity index (χ4v) is 4.58. The first-order chi connectivity index (χ1) is 16.4. The molecule has 8 nitrogen and oxygen atoms in total. The van der Waals surface area contributed by atoms with Gasteiger partial charge >= 0.3 is 5.69 Å². The van der Waals surface area contributed by atoms with Gasteiger partial charge in [-0.3, -0.25) is 18.7 Å². The van der Waals surface area contributed by atoms with Gasteiger partial charge in [0.2, 0.25) is 0 Å². The molecule has 0 saturated carbocycles. The average molecular weight is 500 g/mol. The van der Waals surface area contributed by atoms with Crippen LogP contribution in [0.2, 0.25) is 5.02 Å². The van der Waals surface area contributed by atoms with Gasteiger partial charge in [-0.1, -0.05) is 23.7 Å². The summed E-state index contributed by atoms with van der Waals surface area (Å²) in [5, 5.41) is 3.74. The summed E-state index contributed by atoms with van der Waals surface area (Å²) in [6.45, 7) is 0.493. The second-order valence-electron chi connectivity index (χ2n) is 7.46. The molecule has 0 atom stereocenters. The van der Waals surface area contributed by atoms with Gasteiger partial charge in [-0.2, -0.15) is 0 Å². The number of aryl methyl sites for hydroxylation is 1. The highest BCUT2D eigenvalue weighted by atomic mass is 35.5. The van der Waals surface area contributed by atoms with Crippen LogP contribution in [-0.2, 0) is 20.1 Å². The Labute approximate surface area is 203 Å². The van der Waals surface area contributed by atoms with E-state index in [1.165, 1.54) is 10.6 Å². The minimum absolute atomic E-state index is 0.0668. The fraction of sp³-hybridized carbons (Fsp3) is 0.208. The number of nitrogens with zero attached hydrogens (tertiary/aromatic N) is 2. The number of nitrogens with one attached hydrogen (secondary N) is 1. The molecule has 10 heteroatoms. The smallest absolute Gasteiger partial charge is 0.331 e. The number of methoxy groups -OCH3 is 1. The van der Waals surface area contributed by atoms with Crippen molar-refractivity contribution >= 4 is 39.1 Å². The lowest BCUT2D eigenvalue weighted by atomic mass is 10.2.